The Labute approximate surface area is 120 Å². The molecule has 0 saturated carbocycles. The van der Waals surface area contributed by atoms with Gasteiger partial charge in [-0.1, -0.05) is 21.9 Å². The van der Waals surface area contributed by atoms with Gasteiger partial charge in [0.15, 0.2) is 11.5 Å². The fraction of sp³-hybridized carbons (Fsp3) is 0.385. The van der Waals surface area contributed by atoms with Crippen molar-refractivity contribution in [2.45, 2.75) is 6.54 Å². The standard InChI is InChI=1S/C13H14BrNO2S/c1-2-4-18-5-3-15-8-10-6-12-13(7-11(10)14)17-9-16-12/h1,6-7,15H,3-5,8-9H2. The number of thioether (sulfide) groups is 1. The molecule has 0 fully saturated rings. The summed E-state index contributed by atoms with van der Waals surface area (Å²) in [5, 5.41) is 3.38. The van der Waals surface area contributed by atoms with Gasteiger partial charge in [0, 0.05) is 23.3 Å². The summed E-state index contributed by atoms with van der Waals surface area (Å²) >= 11 is 5.29. The fourth-order valence-corrected chi connectivity index (χ4v) is 2.61. The molecule has 1 aromatic rings. The highest BCUT2D eigenvalue weighted by atomic mass is 79.9. The maximum atomic E-state index is 5.36. The molecule has 0 atom stereocenters. The SMILES string of the molecule is C#CCSCCNCc1cc2c(cc1Br)OCO2. The van der Waals surface area contributed by atoms with Crippen LogP contribution in [-0.4, -0.2) is 24.8 Å². The van der Waals surface area contributed by atoms with E-state index in [-0.39, 0.29) is 0 Å². The summed E-state index contributed by atoms with van der Waals surface area (Å²) in [6.07, 6.45) is 5.18. The Kier molecular flexibility index (Phi) is 5.24. The number of ether oxygens (including phenoxy) is 2. The van der Waals surface area contributed by atoms with Crippen molar-refractivity contribution in [2.24, 2.45) is 0 Å². The summed E-state index contributed by atoms with van der Waals surface area (Å²) in [5.41, 5.74) is 1.17. The average Bonchev–Trinajstić information content (AvgIpc) is 2.80. The number of rotatable bonds is 6. The van der Waals surface area contributed by atoms with Crippen LogP contribution in [0.25, 0.3) is 0 Å². The molecule has 5 heteroatoms. The third-order valence-electron chi connectivity index (χ3n) is 2.47. The van der Waals surface area contributed by atoms with Crippen LogP contribution in [0.1, 0.15) is 5.56 Å². The van der Waals surface area contributed by atoms with Crippen LogP contribution in [0.15, 0.2) is 16.6 Å². The number of hydrogen-bond donors (Lipinski definition) is 1. The van der Waals surface area contributed by atoms with Gasteiger partial charge in [0.25, 0.3) is 0 Å². The Balaban J connectivity index is 1.81. The molecule has 1 N–H and O–H groups in total. The normalized spacial score (nSPS) is 12.4. The van der Waals surface area contributed by atoms with Gasteiger partial charge < -0.3 is 14.8 Å². The van der Waals surface area contributed by atoms with E-state index in [2.05, 4.69) is 27.2 Å². The largest absolute Gasteiger partial charge is 0.454 e. The zero-order valence-electron chi connectivity index (χ0n) is 9.87. The summed E-state index contributed by atoms with van der Waals surface area (Å²) in [6.45, 7) is 2.04. The molecule has 1 aliphatic heterocycles. The summed E-state index contributed by atoms with van der Waals surface area (Å²) < 4.78 is 11.7. The minimum atomic E-state index is 0.307. The van der Waals surface area contributed by atoms with Gasteiger partial charge in [-0.25, -0.2) is 0 Å². The summed E-state index contributed by atoms with van der Waals surface area (Å²) in [7, 11) is 0. The lowest BCUT2D eigenvalue weighted by Crippen LogP contribution is -2.16. The Bertz CT molecular complexity index is 459. The first-order valence-electron chi connectivity index (χ1n) is 5.61. The third-order valence-corrected chi connectivity index (χ3v) is 4.07. The topological polar surface area (TPSA) is 30.5 Å². The zero-order valence-corrected chi connectivity index (χ0v) is 12.3. The molecule has 0 amide bonds. The highest BCUT2D eigenvalue weighted by molar-refractivity contribution is 9.10. The fourth-order valence-electron chi connectivity index (χ4n) is 1.59. The second-order valence-corrected chi connectivity index (χ2v) is 5.69. The molecule has 0 bridgehead atoms. The van der Waals surface area contributed by atoms with Gasteiger partial charge in [0.1, 0.15) is 0 Å². The molecule has 1 aliphatic rings. The van der Waals surface area contributed by atoms with Crippen molar-refractivity contribution >= 4 is 27.7 Å². The van der Waals surface area contributed by atoms with E-state index < -0.39 is 0 Å². The van der Waals surface area contributed by atoms with E-state index in [0.717, 1.165) is 40.6 Å². The van der Waals surface area contributed by atoms with Crippen molar-refractivity contribution in [3.63, 3.8) is 0 Å². The van der Waals surface area contributed by atoms with Crippen LogP contribution >= 0.6 is 27.7 Å². The smallest absolute Gasteiger partial charge is 0.231 e. The number of benzene rings is 1. The van der Waals surface area contributed by atoms with E-state index in [1.54, 1.807) is 11.8 Å². The Morgan fingerprint density at radius 2 is 2.17 bits per heavy atom. The van der Waals surface area contributed by atoms with Crippen LogP contribution in [0, 0.1) is 12.3 Å². The van der Waals surface area contributed by atoms with E-state index in [0.29, 0.717) is 6.79 Å². The molecule has 0 unspecified atom stereocenters. The molecule has 1 heterocycles. The van der Waals surface area contributed by atoms with Crippen LogP contribution in [0.3, 0.4) is 0 Å². The van der Waals surface area contributed by atoms with E-state index >= 15 is 0 Å². The van der Waals surface area contributed by atoms with Crippen molar-refractivity contribution in [3.8, 4) is 23.8 Å². The number of nitrogens with one attached hydrogen (secondary N) is 1. The van der Waals surface area contributed by atoms with Crippen LogP contribution in [0.2, 0.25) is 0 Å². The lowest BCUT2D eigenvalue weighted by atomic mass is 10.2. The predicted octanol–water partition coefficient (Wildman–Crippen LogP) is 2.63. The maximum absolute atomic E-state index is 5.36. The average molecular weight is 328 g/mol. The molecule has 0 aliphatic carbocycles. The molecule has 0 radical (unpaired) electrons. The molecular weight excluding hydrogens is 314 g/mol. The number of halogens is 1. The number of terminal acetylenes is 1. The zero-order chi connectivity index (χ0) is 12.8. The van der Waals surface area contributed by atoms with Gasteiger partial charge in [0.2, 0.25) is 6.79 Å². The summed E-state index contributed by atoms with van der Waals surface area (Å²) in [6, 6.07) is 3.96. The Morgan fingerprint density at radius 3 is 2.94 bits per heavy atom. The second-order valence-electron chi connectivity index (χ2n) is 3.73. The van der Waals surface area contributed by atoms with Crippen molar-refractivity contribution in [1.82, 2.24) is 5.32 Å². The van der Waals surface area contributed by atoms with Crippen molar-refractivity contribution in [2.75, 3.05) is 24.8 Å². The quantitative estimate of drug-likeness (QED) is 0.642. The van der Waals surface area contributed by atoms with Gasteiger partial charge in [-0.15, -0.1) is 18.2 Å². The van der Waals surface area contributed by atoms with Crippen LogP contribution in [0.4, 0.5) is 0 Å². The minimum Gasteiger partial charge on any atom is -0.454 e. The second kappa shape index (κ2) is 6.93. The molecule has 3 nitrogen and oxygen atoms in total. The van der Waals surface area contributed by atoms with E-state index in [1.807, 2.05) is 12.1 Å². The Hall–Kier alpha value is -0.830. The predicted molar refractivity (Wildman–Crippen MR) is 78.1 cm³/mol. The molecule has 2 rings (SSSR count). The molecule has 0 spiro atoms. The molecule has 18 heavy (non-hydrogen) atoms. The van der Waals surface area contributed by atoms with Gasteiger partial charge in [0.05, 0.1) is 5.75 Å². The number of fused-ring (bicyclic) bond motifs is 1. The molecule has 0 aromatic heterocycles. The van der Waals surface area contributed by atoms with Gasteiger partial charge >= 0.3 is 0 Å². The highest BCUT2D eigenvalue weighted by Crippen LogP contribution is 2.36. The first kappa shape index (κ1) is 13.6. The monoisotopic (exact) mass is 327 g/mol. The molecule has 0 saturated heterocycles. The summed E-state index contributed by atoms with van der Waals surface area (Å²) in [5.74, 6) is 6.02. The molecule has 96 valence electrons. The Morgan fingerprint density at radius 1 is 1.39 bits per heavy atom. The van der Waals surface area contributed by atoms with Crippen molar-refractivity contribution in [1.29, 1.82) is 0 Å². The molecular formula is C13H14BrNO2S. The highest BCUT2D eigenvalue weighted by Gasteiger charge is 2.15. The van der Waals surface area contributed by atoms with Crippen LogP contribution in [-0.2, 0) is 6.54 Å². The maximum Gasteiger partial charge on any atom is 0.231 e. The van der Waals surface area contributed by atoms with Gasteiger partial charge in [-0.3, -0.25) is 0 Å². The minimum absolute atomic E-state index is 0.307. The van der Waals surface area contributed by atoms with Crippen molar-refractivity contribution in [3.05, 3.63) is 22.2 Å². The summed E-state index contributed by atoms with van der Waals surface area (Å²) in [4.78, 5) is 0. The van der Waals surface area contributed by atoms with E-state index in [4.69, 9.17) is 15.9 Å². The van der Waals surface area contributed by atoms with E-state index in [1.165, 1.54) is 5.56 Å². The number of hydrogen-bond acceptors (Lipinski definition) is 4. The first-order valence-corrected chi connectivity index (χ1v) is 7.56. The third kappa shape index (κ3) is 3.58. The van der Waals surface area contributed by atoms with Crippen molar-refractivity contribution < 1.29 is 9.47 Å². The van der Waals surface area contributed by atoms with Gasteiger partial charge in [-0.2, -0.15) is 0 Å². The van der Waals surface area contributed by atoms with Crippen LogP contribution < -0.4 is 14.8 Å². The van der Waals surface area contributed by atoms with Crippen LogP contribution in [0.5, 0.6) is 11.5 Å². The molecule has 1 aromatic carbocycles. The lowest BCUT2D eigenvalue weighted by molar-refractivity contribution is 0.174. The van der Waals surface area contributed by atoms with E-state index in [9.17, 15) is 0 Å². The lowest BCUT2D eigenvalue weighted by Gasteiger charge is -2.07. The van der Waals surface area contributed by atoms with Gasteiger partial charge in [-0.05, 0) is 17.7 Å². The first-order chi connectivity index (χ1) is 8.81.